The van der Waals surface area contributed by atoms with E-state index in [9.17, 15) is 9.59 Å². The molecule has 0 bridgehead atoms. The Morgan fingerprint density at radius 3 is 2.43 bits per heavy atom. The first-order valence-electron chi connectivity index (χ1n) is 7.69. The summed E-state index contributed by atoms with van der Waals surface area (Å²) >= 11 is 0. The summed E-state index contributed by atoms with van der Waals surface area (Å²) in [5.41, 5.74) is 0.994. The van der Waals surface area contributed by atoms with E-state index in [2.05, 4.69) is 10.6 Å². The van der Waals surface area contributed by atoms with E-state index in [1.807, 2.05) is 30.3 Å². The van der Waals surface area contributed by atoms with Crippen molar-refractivity contribution in [2.75, 3.05) is 26.7 Å². The Morgan fingerprint density at radius 2 is 1.78 bits per heavy atom. The lowest BCUT2D eigenvalue weighted by molar-refractivity contribution is -0.182. The van der Waals surface area contributed by atoms with Crippen molar-refractivity contribution in [1.82, 2.24) is 15.7 Å². The van der Waals surface area contributed by atoms with Gasteiger partial charge in [0, 0.05) is 33.2 Å². The van der Waals surface area contributed by atoms with Crippen LogP contribution in [0.2, 0.25) is 0 Å². The standard InChI is InChI=1S/C16H25N3O4/c1-19(23-13-14-7-3-2-4-8-14)15(21)9-5-10-17-16(22)18-11-6-12-20/h2-4,7-8,20H,5-6,9-13H2,1H3,(H2,17,18,22). The van der Waals surface area contributed by atoms with Crippen LogP contribution in [0.15, 0.2) is 30.3 Å². The summed E-state index contributed by atoms with van der Waals surface area (Å²) in [5.74, 6) is -0.136. The predicted octanol–water partition coefficient (Wildman–Crippen LogP) is 1.04. The fourth-order valence-electron chi connectivity index (χ4n) is 1.76. The highest BCUT2D eigenvalue weighted by Crippen LogP contribution is 2.03. The average Bonchev–Trinajstić information content (AvgIpc) is 2.57. The van der Waals surface area contributed by atoms with Crippen LogP contribution in [-0.2, 0) is 16.2 Å². The molecule has 1 aromatic carbocycles. The molecule has 3 N–H and O–H groups in total. The number of carbonyl (C=O) groups is 2. The molecular formula is C16H25N3O4. The van der Waals surface area contributed by atoms with E-state index in [4.69, 9.17) is 9.94 Å². The second-order valence-corrected chi connectivity index (χ2v) is 5.01. The molecule has 0 unspecified atom stereocenters. The smallest absolute Gasteiger partial charge is 0.314 e. The van der Waals surface area contributed by atoms with Crippen LogP contribution in [0.1, 0.15) is 24.8 Å². The van der Waals surface area contributed by atoms with E-state index in [-0.39, 0.29) is 18.5 Å². The van der Waals surface area contributed by atoms with Crippen molar-refractivity contribution in [3.63, 3.8) is 0 Å². The van der Waals surface area contributed by atoms with Crippen molar-refractivity contribution in [1.29, 1.82) is 0 Å². The topological polar surface area (TPSA) is 90.9 Å². The Kier molecular flexibility index (Phi) is 9.42. The Labute approximate surface area is 136 Å². The van der Waals surface area contributed by atoms with Crippen LogP contribution in [0.4, 0.5) is 4.79 Å². The number of nitrogens with one attached hydrogen (secondary N) is 2. The number of nitrogens with zero attached hydrogens (tertiary/aromatic N) is 1. The molecule has 0 aliphatic heterocycles. The van der Waals surface area contributed by atoms with Crippen LogP contribution in [0.3, 0.4) is 0 Å². The van der Waals surface area contributed by atoms with E-state index in [1.165, 1.54) is 5.06 Å². The Bertz CT molecular complexity index is 468. The molecule has 7 heteroatoms. The van der Waals surface area contributed by atoms with Crippen molar-refractivity contribution < 1.29 is 19.5 Å². The SMILES string of the molecule is CN(OCc1ccccc1)C(=O)CCCNC(=O)NCCCO. The molecule has 0 aromatic heterocycles. The molecule has 23 heavy (non-hydrogen) atoms. The van der Waals surface area contributed by atoms with Gasteiger partial charge in [0.15, 0.2) is 0 Å². The fourth-order valence-corrected chi connectivity index (χ4v) is 1.76. The van der Waals surface area contributed by atoms with Crippen LogP contribution < -0.4 is 10.6 Å². The summed E-state index contributed by atoms with van der Waals surface area (Å²) < 4.78 is 0. The highest BCUT2D eigenvalue weighted by atomic mass is 16.7. The maximum Gasteiger partial charge on any atom is 0.314 e. The number of hydrogen-bond donors (Lipinski definition) is 3. The summed E-state index contributed by atoms with van der Waals surface area (Å²) in [6.45, 7) is 1.22. The van der Waals surface area contributed by atoms with Gasteiger partial charge in [-0.3, -0.25) is 9.63 Å². The van der Waals surface area contributed by atoms with E-state index in [1.54, 1.807) is 7.05 Å². The number of hydrogen-bond acceptors (Lipinski definition) is 4. The van der Waals surface area contributed by atoms with Crippen LogP contribution in [0.5, 0.6) is 0 Å². The second-order valence-electron chi connectivity index (χ2n) is 5.01. The third-order valence-electron chi connectivity index (χ3n) is 3.09. The lowest BCUT2D eigenvalue weighted by Gasteiger charge is -2.17. The van der Waals surface area contributed by atoms with Gasteiger partial charge in [0.1, 0.15) is 6.61 Å². The number of amides is 3. The van der Waals surface area contributed by atoms with E-state index < -0.39 is 0 Å². The number of aliphatic hydroxyl groups excluding tert-OH is 1. The van der Waals surface area contributed by atoms with Gasteiger partial charge in [-0.2, -0.15) is 0 Å². The number of benzene rings is 1. The minimum absolute atomic E-state index is 0.0457. The van der Waals surface area contributed by atoms with Crippen molar-refractivity contribution in [3.8, 4) is 0 Å². The second kappa shape index (κ2) is 11.4. The summed E-state index contributed by atoms with van der Waals surface area (Å²) in [6.07, 6.45) is 1.35. The van der Waals surface area contributed by atoms with Crippen molar-refractivity contribution in [2.45, 2.75) is 25.9 Å². The van der Waals surface area contributed by atoms with Gasteiger partial charge in [0.05, 0.1) is 0 Å². The molecule has 1 rings (SSSR count). The maximum absolute atomic E-state index is 11.9. The van der Waals surface area contributed by atoms with Crippen LogP contribution >= 0.6 is 0 Å². The largest absolute Gasteiger partial charge is 0.396 e. The molecule has 128 valence electrons. The first-order chi connectivity index (χ1) is 11.1. The molecular weight excluding hydrogens is 298 g/mol. The molecule has 3 amide bonds. The van der Waals surface area contributed by atoms with Gasteiger partial charge >= 0.3 is 6.03 Å². The van der Waals surface area contributed by atoms with Gasteiger partial charge in [-0.15, -0.1) is 0 Å². The first-order valence-corrected chi connectivity index (χ1v) is 7.69. The quantitative estimate of drug-likeness (QED) is 0.443. The van der Waals surface area contributed by atoms with Crippen molar-refractivity contribution in [3.05, 3.63) is 35.9 Å². The zero-order valence-corrected chi connectivity index (χ0v) is 13.5. The maximum atomic E-state index is 11.9. The van der Waals surface area contributed by atoms with Gasteiger partial charge in [0.2, 0.25) is 5.91 Å². The van der Waals surface area contributed by atoms with Crippen LogP contribution in [-0.4, -0.2) is 48.9 Å². The molecule has 0 saturated heterocycles. The van der Waals surface area contributed by atoms with Crippen molar-refractivity contribution >= 4 is 11.9 Å². The van der Waals surface area contributed by atoms with Gasteiger partial charge < -0.3 is 15.7 Å². The van der Waals surface area contributed by atoms with Gasteiger partial charge in [-0.05, 0) is 18.4 Å². The molecule has 0 spiro atoms. The molecule has 0 heterocycles. The predicted molar refractivity (Wildman–Crippen MR) is 86.3 cm³/mol. The number of rotatable bonds is 10. The molecule has 0 aliphatic rings. The Morgan fingerprint density at radius 1 is 1.13 bits per heavy atom. The minimum Gasteiger partial charge on any atom is -0.396 e. The van der Waals surface area contributed by atoms with E-state index in [0.29, 0.717) is 39.0 Å². The molecule has 0 atom stereocenters. The summed E-state index contributed by atoms with van der Waals surface area (Å²) in [7, 11) is 1.58. The van der Waals surface area contributed by atoms with E-state index in [0.717, 1.165) is 5.56 Å². The van der Waals surface area contributed by atoms with Crippen molar-refractivity contribution in [2.24, 2.45) is 0 Å². The first kappa shape index (κ1) is 18.9. The van der Waals surface area contributed by atoms with Gasteiger partial charge in [-0.25, -0.2) is 9.86 Å². The lowest BCUT2D eigenvalue weighted by atomic mass is 10.2. The number of carbonyl (C=O) groups excluding carboxylic acids is 2. The third-order valence-corrected chi connectivity index (χ3v) is 3.09. The molecule has 0 fully saturated rings. The summed E-state index contributed by atoms with van der Waals surface area (Å²) in [6, 6.07) is 9.32. The molecule has 0 saturated carbocycles. The fraction of sp³-hybridized carbons (Fsp3) is 0.500. The number of urea groups is 1. The molecule has 0 radical (unpaired) electrons. The summed E-state index contributed by atoms with van der Waals surface area (Å²) in [4.78, 5) is 28.6. The van der Waals surface area contributed by atoms with Crippen LogP contribution in [0.25, 0.3) is 0 Å². The molecule has 0 aliphatic carbocycles. The van der Waals surface area contributed by atoms with Gasteiger partial charge in [-0.1, -0.05) is 30.3 Å². The van der Waals surface area contributed by atoms with Crippen LogP contribution in [0, 0.1) is 0 Å². The Balaban J connectivity index is 2.09. The minimum atomic E-state index is -0.292. The van der Waals surface area contributed by atoms with Gasteiger partial charge in [0.25, 0.3) is 0 Å². The Hall–Kier alpha value is -2.12. The normalized spacial score (nSPS) is 10.2. The zero-order valence-electron chi connectivity index (χ0n) is 13.5. The lowest BCUT2D eigenvalue weighted by Crippen LogP contribution is -2.37. The molecule has 1 aromatic rings. The highest BCUT2D eigenvalue weighted by Gasteiger charge is 2.09. The number of hydroxylamine groups is 2. The third kappa shape index (κ3) is 8.80. The van der Waals surface area contributed by atoms with E-state index >= 15 is 0 Å². The monoisotopic (exact) mass is 323 g/mol. The summed E-state index contributed by atoms with van der Waals surface area (Å²) in [5, 5.41) is 15.1. The highest BCUT2D eigenvalue weighted by molar-refractivity contribution is 5.75. The number of aliphatic hydroxyl groups is 1. The molecule has 7 nitrogen and oxygen atoms in total. The average molecular weight is 323 g/mol. The zero-order chi connectivity index (χ0) is 16.9.